The van der Waals surface area contributed by atoms with Gasteiger partial charge in [0, 0.05) is 11.5 Å². The summed E-state index contributed by atoms with van der Waals surface area (Å²) in [4.78, 5) is 11.0. The van der Waals surface area contributed by atoms with E-state index in [-0.39, 0.29) is 18.2 Å². The molecule has 2 rings (SSSR count). The molecule has 0 amide bonds. The van der Waals surface area contributed by atoms with Gasteiger partial charge in [0.25, 0.3) is 0 Å². The summed E-state index contributed by atoms with van der Waals surface area (Å²) in [6, 6.07) is 3.05. The molecule has 0 aromatic heterocycles. The zero-order valence-electron chi connectivity index (χ0n) is 10.6. The van der Waals surface area contributed by atoms with E-state index in [9.17, 15) is 9.18 Å². The largest absolute Gasteiger partial charge is 0.496 e. The van der Waals surface area contributed by atoms with Crippen molar-refractivity contribution in [3.05, 3.63) is 29.1 Å². The Bertz CT molecular complexity index is 466. The van der Waals surface area contributed by atoms with Gasteiger partial charge in [-0.2, -0.15) is 0 Å². The normalized spacial score (nSPS) is 16.4. The van der Waals surface area contributed by atoms with Crippen LogP contribution in [0.2, 0.25) is 0 Å². The van der Waals surface area contributed by atoms with Gasteiger partial charge in [-0.15, -0.1) is 0 Å². The molecule has 0 spiro atoms. The van der Waals surface area contributed by atoms with Crippen LogP contribution in [0.25, 0.3) is 0 Å². The molecule has 1 aromatic carbocycles. The molecule has 1 atom stereocenters. The van der Waals surface area contributed by atoms with Gasteiger partial charge in [-0.3, -0.25) is 4.79 Å². The number of benzene rings is 1. The summed E-state index contributed by atoms with van der Waals surface area (Å²) >= 11 is 0. The van der Waals surface area contributed by atoms with E-state index >= 15 is 0 Å². The number of carbonyl (C=O) groups is 1. The Balaban J connectivity index is 2.40. The summed E-state index contributed by atoms with van der Waals surface area (Å²) in [5.41, 5.74) is 1.27. The molecule has 0 radical (unpaired) electrons. The molecule has 1 unspecified atom stereocenters. The van der Waals surface area contributed by atoms with Crippen molar-refractivity contribution in [2.24, 2.45) is 5.92 Å². The third-order valence-electron chi connectivity index (χ3n) is 3.56. The van der Waals surface area contributed by atoms with Crippen LogP contribution in [0.4, 0.5) is 4.39 Å². The van der Waals surface area contributed by atoms with Gasteiger partial charge in [-0.1, -0.05) is 6.07 Å². The third-order valence-corrected chi connectivity index (χ3v) is 3.56. The Morgan fingerprint density at radius 2 is 2.22 bits per heavy atom. The Morgan fingerprint density at radius 1 is 1.56 bits per heavy atom. The number of halogens is 1. The van der Waals surface area contributed by atoms with Gasteiger partial charge in [0.2, 0.25) is 0 Å². The number of ether oxygens (including phenoxy) is 1. The molecule has 1 aromatic rings. The fraction of sp³-hybridized carbons (Fsp3) is 0.500. The molecule has 1 saturated carbocycles. The number of hydrogen-bond donors (Lipinski definition) is 1. The number of carboxylic acids is 1. The third kappa shape index (κ3) is 2.47. The average molecular weight is 252 g/mol. The van der Waals surface area contributed by atoms with Crippen LogP contribution in [0.5, 0.6) is 5.75 Å². The molecule has 1 aliphatic carbocycles. The van der Waals surface area contributed by atoms with E-state index < -0.39 is 5.97 Å². The maximum Gasteiger partial charge on any atom is 0.303 e. The predicted molar refractivity (Wildman–Crippen MR) is 65.4 cm³/mol. The van der Waals surface area contributed by atoms with Crippen molar-refractivity contribution in [3.8, 4) is 5.75 Å². The molecule has 0 bridgehead atoms. The van der Waals surface area contributed by atoms with Crippen LogP contribution in [-0.4, -0.2) is 18.2 Å². The van der Waals surface area contributed by atoms with Gasteiger partial charge < -0.3 is 9.84 Å². The number of carboxylic acid groups (broad SMARTS) is 1. The summed E-state index contributed by atoms with van der Waals surface area (Å²) < 4.78 is 18.8. The number of aliphatic carboxylic acids is 1. The fourth-order valence-corrected chi connectivity index (χ4v) is 2.47. The maximum absolute atomic E-state index is 13.5. The second kappa shape index (κ2) is 4.96. The van der Waals surface area contributed by atoms with Crippen molar-refractivity contribution in [3.63, 3.8) is 0 Å². The quantitative estimate of drug-likeness (QED) is 0.875. The topological polar surface area (TPSA) is 46.5 Å². The summed E-state index contributed by atoms with van der Waals surface area (Å²) in [5, 5.41) is 8.99. The van der Waals surface area contributed by atoms with E-state index in [0.29, 0.717) is 17.2 Å². The van der Waals surface area contributed by atoms with E-state index in [4.69, 9.17) is 9.84 Å². The predicted octanol–water partition coefficient (Wildman–Crippen LogP) is 3.11. The lowest BCUT2D eigenvalue weighted by molar-refractivity contribution is -0.137. The molecule has 0 heterocycles. The lowest BCUT2D eigenvalue weighted by Crippen LogP contribution is -2.10. The Hall–Kier alpha value is -1.58. The van der Waals surface area contributed by atoms with Gasteiger partial charge in [-0.05, 0) is 37.3 Å². The Kier molecular flexibility index (Phi) is 3.55. The first-order chi connectivity index (χ1) is 8.54. The first kappa shape index (κ1) is 12.9. The molecule has 18 heavy (non-hydrogen) atoms. The van der Waals surface area contributed by atoms with Crippen LogP contribution in [0.1, 0.15) is 36.3 Å². The van der Waals surface area contributed by atoms with Crippen molar-refractivity contribution in [1.82, 2.24) is 0 Å². The van der Waals surface area contributed by atoms with Crippen molar-refractivity contribution < 1.29 is 19.0 Å². The van der Waals surface area contributed by atoms with E-state index in [2.05, 4.69) is 0 Å². The number of rotatable bonds is 5. The van der Waals surface area contributed by atoms with Crippen LogP contribution in [0, 0.1) is 18.7 Å². The average Bonchev–Trinajstić information content (AvgIpc) is 3.13. The molecule has 0 saturated heterocycles. The Labute approximate surface area is 106 Å². The van der Waals surface area contributed by atoms with Crippen molar-refractivity contribution in [2.75, 3.05) is 7.11 Å². The van der Waals surface area contributed by atoms with Crippen LogP contribution in [0.3, 0.4) is 0 Å². The van der Waals surface area contributed by atoms with Crippen molar-refractivity contribution in [1.29, 1.82) is 0 Å². The zero-order chi connectivity index (χ0) is 13.3. The summed E-state index contributed by atoms with van der Waals surface area (Å²) in [7, 11) is 1.50. The molecule has 1 N–H and O–H groups in total. The van der Waals surface area contributed by atoms with E-state index in [1.807, 2.05) is 0 Å². The van der Waals surface area contributed by atoms with Crippen LogP contribution >= 0.6 is 0 Å². The van der Waals surface area contributed by atoms with Gasteiger partial charge in [0.05, 0.1) is 13.5 Å². The van der Waals surface area contributed by atoms with E-state index in [1.165, 1.54) is 13.2 Å². The van der Waals surface area contributed by atoms with Crippen molar-refractivity contribution >= 4 is 5.97 Å². The molecule has 1 fully saturated rings. The molecule has 4 heteroatoms. The first-order valence-corrected chi connectivity index (χ1v) is 6.09. The minimum absolute atomic E-state index is 0.0725. The highest BCUT2D eigenvalue weighted by atomic mass is 19.1. The fourth-order valence-electron chi connectivity index (χ4n) is 2.47. The lowest BCUT2D eigenvalue weighted by Gasteiger charge is -2.19. The SMILES string of the molecule is COc1c(C(CC(=O)O)C2CC2)ccc(F)c1C. The van der Waals surface area contributed by atoms with Crippen molar-refractivity contribution in [2.45, 2.75) is 32.1 Å². The maximum atomic E-state index is 13.5. The molecule has 1 aliphatic rings. The highest BCUT2D eigenvalue weighted by Crippen LogP contribution is 2.47. The van der Waals surface area contributed by atoms with Gasteiger partial charge in [0.1, 0.15) is 11.6 Å². The molecule has 98 valence electrons. The standard InChI is InChI=1S/C14H17FO3/c1-8-12(15)6-5-10(14(8)18-2)11(7-13(16)17)9-3-4-9/h5-6,9,11H,3-4,7H2,1-2H3,(H,16,17). The molecular formula is C14H17FO3. The highest BCUT2D eigenvalue weighted by Gasteiger charge is 2.35. The molecule has 0 aliphatic heterocycles. The lowest BCUT2D eigenvalue weighted by atomic mass is 9.89. The first-order valence-electron chi connectivity index (χ1n) is 6.09. The summed E-state index contributed by atoms with van der Waals surface area (Å²) in [5.74, 6) is -0.332. The number of methoxy groups -OCH3 is 1. The minimum Gasteiger partial charge on any atom is -0.496 e. The van der Waals surface area contributed by atoms with Crippen LogP contribution < -0.4 is 4.74 Å². The Morgan fingerprint density at radius 3 is 2.72 bits per heavy atom. The van der Waals surface area contributed by atoms with E-state index in [1.54, 1.807) is 13.0 Å². The molecular weight excluding hydrogens is 235 g/mol. The van der Waals surface area contributed by atoms with Gasteiger partial charge in [0.15, 0.2) is 0 Å². The smallest absolute Gasteiger partial charge is 0.303 e. The second-order valence-corrected chi connectivity index (χ2v) is 4.84. The van der Waals surface area contributed by atoms with Crippen LogP contribution in [0.15, 0.2) is 12.1 Å². The second-order valence-electron chi connectivity index (χ2n) is 4.84. The summed E-state index contributed by atoms with van der Waals surface area (Å²) in [6.45, 7) is 1.66. The zero-order valence-corrected chi connectivity index (χ0v) is 10.6. The van der Waals surface area contributed by atoms with E-state index in [0.717, 1.165) is 18.4 Å². The highest BCUT2D eigenvalue weighted by molar-refractivity contribution is 5.68. The monoisotopic (exact) mass is 252 g/mol. The van der Waals surface area contributed by atoms with Crippen LogP contribution in [-0.2, 0) is 4.79 Å². The number of hydrogen-bond acceptors (Lipinski definition) is 2. The van der Waals surface area contributed by atoms with Gasteiger partial charge in [-0.25, -0.2) is 4.39 Å². The minimum atomic E-state index is -0.823. The molecule has 3 nitrogen and oxygen atoms in total. The van der Waals surface area contributed by atoms with Gasteiger partial charge >= 0.3 is 5.97 Å². The summed E-state index contributed by atoms with van der Waals surface area (Å²) in [6.07, 6.45) is 2.15.